The van der Waals surface area contributed by atoms with E-state index in [0.717, 1.165) is 0 Å². The molecular formula is C12H9Br2N3O3. The van der Waals surface area contributed by atoms with Crippen LogP contribution in [0.15, 0.2) is 49.2 Å². The summed E-state index contributed by atoms with van der Waals surface area (Å²) in [4.78, 5) is 12.0. The highest BCUT2D eigenvalue weighted by atomic mass is 79.9. The Balaban J connectivity index is 2.23. The summed E-state index contributed by atoms with van der Waals surface area (Å²) >= 11 is 6.45. The summed E-state index contributed by atoms with van der Waals surface area (Å²) in [6.07, 6.45) is 1.41. The van der Waals surface area contributed by atoms with Gasteiger partial charge >= 0.3 is 0 Å². The third-order valence-corrected chi connectivity index (χ3v) is 3.75. The molecule has 2 aromatic rings. The van der Waals surface area contributed by atoms with E-state index in [1.807, 2.05) is 0 Å². The third-order valence-electron chi connectivity index (χ3n) is 2.48. The maximum atomic E-state index is 12.0. The fourth-order valence-electron chi connectivity index (χ4n) is 1.48. The van der Waals surface area contributed by atoms with Gasteiger partial charge in [0, 0.05) is 10.0 Å². The summed E-state index contributed by atoms with van der Waals surface area (Å²) in [5.41, 5.74) is 6.95. The number of hydrogen-bond acceptors (Lipinski definition) is 4. The van der Waals surface area contributed by atoms with Crippen molar-refractivity contribution in [3.05, 3.63) is 50.8 Å². The van der Waals surface area contributed by atoms with Crippen molar-refractivity contribution < 1.29 is 14.4 Å². The van der Waals surface area contributed by atoms with Crippen molar-refractivity contribution in [1.29, 1.82) is 0 Å². The molecule has 0 radical (unpaired) electrons. The molecule has 20 heavy (non-hydrogen) atoms. The van der Waals surface area contributed by atoms with Gasteiger partial charge in [-0.05, 0) is 56.1 Å². The molecule has 6 nitrogen and oxygen atoms in total. The van der Waals surface area contributed by atoms with E-state index in [0.29, 0.717) is 26.0 Å². The zero-order valence-corrected chi connectivity index (χ0v) is 13.1. The molecule has 0 aliphatic heterocycles. The molecular weight excluding hydrogens is 394 g/mol. The topological polar surface area (TPSA) is 101 Å². The Kier molecular flexibility index (Phi) is 4.46. The van der Waals surface area contributed by atoms with Crippen LogP contribution in [-0.4, -0.2) is 17.0 Å². The zero-order chi connectivity index (χ0) is 14.7. The van der Waals surface area contributed by atoms with Gasteiger partial charge in [-0.3, -0.25) is 4.79 Å². The summed E-state index contributed by atoms with van der Waals surface area (Å²) < 4.78 is 5.97. The largest absolute Gasteiger partial charge is 0.457 e. The second-order valence-corrected chi connectivity index (χ2v) is 5.32. The molecule has 1 amide bonds. The minimum atomic E-state index is -0.317. The van der Waals surface area contributed by atoms with E-state index >= 15 is 0 Å². The quantitative estimate of drug-likeness (QED) is 0.317. The lowest BCUT2D eigenvalue weighted by atomic mass is 10.2. The Labute approximate surface area is 130 Å². The summed E-state index contributed by atoms with van der Waals surface area (Å²) in [5, 5.41) is 14.2. The fourth-order valence-corrected chi connectivity index (χ4v) is 2.38. The normalized spacial score (nSPS) is 11.4. The first-order valence-corrected chi connectivity index (χ1v) is 6.93. The maximum Gasteiger partial charge on any atom is 0.260 e. The van der Waals surface area contributed by atoms with Crippen LogP contribution < -0.4 is 11.1 Å². The predicted octanol–water partition coefficient (Wildman–Crippen LogP) is 3.15. The van der Waals surface area contributed by atoms with Crippen molar-refractivity contribution >= 4 is 49.3 Å². The molecule has 104 valence electrons. The van der Waals surface area contributed by atoms with Crippen LogP contribution in [0, 0.1) is 0 Å². The van der Waals surface area contributed by atoms with E-state index in [1.165, 1.54) is 6.26 Å². The number of rotatable bonds is 3. The van der Waals surface area contributed by atoms with Gasteiger partial charge in [-0.15, -0.1) is 0 Å². The summed E-state index contributed by atoms with van der Waals surface area (Å²) in [7, 11) is 0. The van der Waals surface area contributed by atoms with Crippen molar-refractivity contribution in [2.75, 3.05) is 5.32 Å². The third kappa shape index (κ3) is 3.02. The minimum Gasteiger partial charge on any atom is -0.457 e. The van der Waals surface area contributed by atoms with Crippen LogP contribution in [-0.2, 0) is 0 Å². The second-order valence-electron chi connectivity index (χ2n) is 3.74. The van der Waals surface area contributed by atoms with Crippen LogP contribution in [0.5, 0.6) is 0 Å². The molecule has 0 spiro atoms. The molecule has 0 aliphatic carbocycles. The summed E-state index contributed by atoms with van der Waals surface area (Å²) in [6, 6.07) is 6.45. The molecule has 0 bridgehead atoms. The molecule has 0 fully saturated rings. The first-order chi connectivity index (χ1) is 9.52. The monoisotopic (exact) mass is 401 g/mol. The number of hydrogen-bond donors (Lipinski definition) is 3. The van der Waals surface area contributed by atoms with Crippen molar-refractivity contribution in [3.63, 3.8) is 0 Å². The lowest BCUT2D eigenvalue weighted by Gasteiger charge is -2.08. The molecule has 0 saturated heterocycles. The number of nitrogens with one attached hydrogen (secondary N) is 1. The van der Waals surface area contributed by atoms with E-state index in [-0.39, 0.29) is 11.7 Å². The Morgan fingerprint density at radius 1 is 1.35 bits per heavy atom. The zero-order valence-electron chi connectivity index (χ0n) is 9.93. The van der Waals surface area contributed by atoms with Crippen LogP contribution in [0.4, 0.5) is 5.69 Å². The van der Waals surface area contributed by atoms with Crippen LogP contribution in [0.3, 0.4) is 0 Å². The van der Waals surface area contributed by atoms with Gasteiger partial charge in [0.25, 0.3) is 5.91 Å². The molecule has 1 aromatic heterocycles. The molecule has 0 aliphatic rings. The Hall–Kier alpha value is -1.80. The Morgan fingerprint density at radius 2 is 2.10 bits per heavy atom. The van der Waals surface area contributed by atoms with E-state index in [1.54, 1.807) is 24.3 Å². The van der Waals surface area contributed by atoms with E-state index in [9.17, 15) is 4.79 Å². The predicted molar refractivity (Wildman–Crippen MR) is 81.0 cm³/mol. The number of anilines is 1. The second kappa shape index (κ2) is 6.10. The van der Waals surface area contributed by atoms with Gasteiger partial charge in [0.05, 0.1) is 17.5 Å². The number of benzene rings is 1. The maximum absolute atomic E-state index is 12.0. The minimum absolute atomic E-state index is 0.0128. The number of amidine groups is 1. The van der Waals surface area contributed by atoms with Crippen molar-refractivity contribution in [3.8, 4) is 0 Å². The molecule has 2 rings (SSSR count). The van der Waals surface area contributed by atoms with Gasteiger partial charge in [0.15, 0.2) is 10.5 Å². The van der Waals surface area contributed by atoms with Gasteiger partial charge in [0.2, 0.25) is 0 Å². The number of furan rings is 1. The Morgan fingerprint density at radius 3 is 2.65 bits per heavy atom. The highest BCUT2D eigenvalue weighted by molar-refractivity contribution is 9.10. The van der Waals surface area contributed by atoms with Crippen LogP contribution >= 0.6 is 31.9 Å². The SMILES string of the molecule is N/C(=N/O)c1ccc(NC(=O)c2ccoc2Br)c(Br)c1. The molecule has 1 aromatic carbocycles. The average Bonchev–Trinajstić information content (AvgIpc) is 2.86. The smallest absolute Gasteiger partial charge is 0.260 e. The fraction of sp³-hybridized carbons (Fsp3) is 0. The van der Waals surface area contributed by atoms with Gasteiger partial charge < -0.3 is 20.7 Å². The molecule has 0 saturated carbocycles. The number of carbonyl (C=O) groups is 1. The van der Waals surface area contributed by atoms with Gasteiger partial charge in [-0.2, -0.15) is 0 Å². The van der Waals surface area contributed by atoms with Crippen molar-refractivity contribution in [1.82, 2.24) is 0 Å². The molecule has 0 atom stereocenters. The highest BCUT2D eigenvalue weighted by Crippen LogP contribution is 2.25. The number of nitrogens with two attached hydrogens (primary N) is 1. The Bertz CT molecular complexity index is 682. The summed E-state index contributed by atoms with van der Waals surface area (Å²) in [5.74, 6) is -0.330. The molecule has 8 heteroatoms. The lowest BCUT2D eigenvalue weighted by molar-refractivity contribution is 0.102. The number of halogens is 2. The van der Waals surface area contributed by atoms with Crippen molar-refractivity contribution in [2.24, 2.45) is 10.9 Å². The first kappa shape index (κ1) is 14.6. The number of carbonyl (C=O) groups excluding carboxylic acids is 1. The van der Waals surface area contributed by atoms with E-state index < -0.39 is 0 Å². The van der Waals surface area contributed by atoms with Crippen LogP contribution in [0.1, 0.15) is 15.9 Å². The standard InChI is InChI=1S/C12H9Br2N3O3/c13-8-5-6(11(15)17-19)1-2-9(8)16-12(18)7-3-4-20-10(7)14/h1-5,19H,(H2,15,17)(H,16,18). The van der Waals surface area contributed by atoms with Crippen LogP contribution in [0.25, 0.3) is 0 Å². The molecule has 1 heterocycles. The molecule has 4 N–H and O–H groups in total. The van der Waals surface area contributed by atoms with Crippen molar-refractivity contribution in [2.45, 2.75) is 0 Å². The van der Waals surface area contributed by atoms with E-state index in [2.05, 4.69) is 42.3 Å². The number of oxime groups is 1. The number of nitrogens with zero attached hydrogens (tertiary/aromatic N) is 1. The van der Waals surface area contributed by atoms with Gasteiger partial charge in [-0.1, -0.05) is 5.16 Å². The molecule has 0 unspecified atom stereocenters. The number of amides is 1. The lowest BCUT2D eigenvalue weighted by Crippen LogP contribution is -2.15. The van der Waals surface area contributed by atoms with E-state index in [4.69, 9.17) is 15.4 Å². The average molecular weight is 403 g/mol. The van der Waals surface area contributed by atoms with Gasteiger partial charge in [0.1, 0.15) is 0 Å². The van der Waals surface area contributed by atoms with Gasteiger partial charge in [-0.25, -0.2) is 0 Å². The highest BCUT2D eigenvalue weighted by Gasteiger charge is 2.14. The summed E-state index contributed by atoms with van der Waals surface area (Å²) in [6.45, 7) is 0. The first-order valence-electron chi connectivity index (χ1n) is 5.34. The van der Waals surface area contributed by atoms with Crippen LogP contribution in [0.2, 0.25) is 0 Å².